The first-order valence-corrected chi connectivity index (χ1v) is 4.49. The molecule has 0 unspecified atom stereocenters. The second kappa shape index (κ2) is 5.79. The van der Waals surface area contributed by atoms with Gasteiger partial charge in [0.15, 0.2) is 6.61 Å². The molecule has 7 nitrogen and oxygen atoms in total. The van der Waals surface area contributed by atoms with Crippen LogP contribution in [0.4, 0.5) is 0 Å². The van der Waals surface area contributed by atoms with Crippen LogP contribution in [0.25, 0.3) is 0 Å². The van der Waals surface area contributed by atoms with Crippen LogP contribution in [0.5, 0.6) is 0 Å². The van der Waals surface area contributed by atoms with Gasteiger partial charge in [-0.25, -0.2) is 5.48 Å². The summed E-state index contributed by atoms with van der Waals surface area (Å²) in [5, 5.41) is 0. The summed E-state index contributed by atoms with van der Waals surface area (Å²) in [7, 11) is 0. The van der Waals surface area contributed by atoms with Crippen molar-refractivity contribution in [3.05, 3.63) is 29.6 Å². The Bertz CT molecular complexity index is 394. The zero-order valence-electron chi connectivity index (χ0n) is 8.47. The fourth-order valence-electron chi connectivity index (χ4n) is 0.963. The SMILES string of the molecule is NCc1cc(C(=O)NOCC(N)=O)ccn1. The van der Waals surface area contributed by atoms with E-state index in [1.165, 1.54) is 18.3 Å². The number of nitrogens with zero attached hydrogens (tertiary/aromatic N) is 1. The highest BCUT2D eigenvalue weighted by molar-refractivity contribution is 5.93. The summed E-state index contributed by atoms with van der Waals surface area (Å²) in [5.74, 6) is -1.16. The first kappa shape index (κ1) is 12.1. The Hall–Kier alpha value is -1.99. The number of carbonyl (C=O) groups is 2. The number of pyridine rings is 1. The standard InChI is InChI=1S/C9H12N4O3/c10-4-7-3-6(1-2-12-7)9(15)13-16-5-8(11)14/h1-3H,4-5,10H2,(H2,11,14)(H,13,15). The third kappa shape index (κ3) is 3.64. The van der Waals surface area contributed by atoms with E-state index >= 15 is 0 Å². The second-order valence-electron chi connectivity index (χ2n) is 2.93. The van der Waals surface area contributed by atoms with E-state index < -0.39 is 11.8 Å². The highest BCUT2D eigenvalue weighted by Gasteiger charge is 2.06. The highest BCUT2D eigenvalue weighted by Crippen LogP contribution is 2.00. The largest absolute Gasteiger partial charge is 0.368 e. The maximum Gasteiger partial charge on any atom is 0.274 e. The van der Waals surface area contributed by atoms with Gasteiger partial charge in [0.05, 0.1) is 5.69 Å². The fraction of sp³-hybridized carbons (Fsp3) is 0.222. The molecule has 16 heavy (non-hydrogen) atoms. The van der Waals surface area contributed by atoms with E-state index in [1.807, 2.05) is 0 Å². The lowest BCUT2D eigenvalue weighted by Crippen LogP contribution is -2.29. The molecular weight excluding hydrogens is 212 g/mol. The van der Waals surface area contributed by atoms with E-state index in [2.05, 4.69) is 15.3 Å². The quantitative estimate of drug-likeness (QED) is 0.536. The van der Waals surface area contributed by atoms with Crippen LogP contribution < -0.4 is 16.9 Å². The summed E-state index contributed by atoms with van der Waals surface area (Å²) < 4.78 is 0. The number of amides is 2. The number of rotatable bonds is 5. The number of nitrogens with one attached hydrogen (secondary N) is 1. The molecule has 7 heteroatoms. The molecule has 1 aromatic heterocycles. The average Bonchev–Trinajstić information content (AvgIpc) is 2.28. The molecule has 1 heterocycles. The van der Waals surface area contributed by atoms with Gasteiger partial charge in [0.25, 0.3) is 5.91 Å². The van der Waals surface area contributed by atoms with Gasteiger partial charge in [-0.15, -0.1) is 0 Å². The summed E-state index contributed by atoms with van der Waals surface area (Å²) in [5.41, 5.74) is 13.2. The maximum atomic E-state index is 11.4. The predicted octanol–water partition coefficient (Wildman–Crippen LogP) is -1.31. The zero-order chi connectivity index (χ0) is 12.0. The minimum absolute atomic E-state index is 0.239. The van der Waals surface area contributed by atoms with Gasteiger partial charge in [0.1, 0.15) is 0 Å². The van der Waals surface area contributed by atoms with Crippen LogP contribution in [-0.2, 0) is 16.2 Å². The number of aromatic nitrogens is 1. The van der Waals surface area contributed by atoms with Crippen LogP contribution in [0.15, 0.2) is 18.3 Å². The van der Waals surface area contributed by atoms with Crippen LogP contribution in [0.3, 0.4) is 0 Å². The van der Waals surface area contributed by atoms with Crippen molar-refractivity contribution in [1.29, 1.82) is 0 Å². The lowest BCUT2D eigenvalue weighted by Gasteiger charge is -2.04. The number of hydrogen-bond acceptors (Lipinski definition) is 5. The number of hydrogen-bond donors (Lipinski definition) is 3. The van der Waals surface area contributed by atoms with Gasteiger partial charge in [-0.1, -0.05) is 0 Å². The molecule has 0 aliphatic carbocycles. The van der Waals surface area contributed by atoms with Gasteiger partial charge in [0.2, 0.25) is 5.91 Å². The van der Waals surface area contributed by atoms with Crippen LogP contribution in [-0.4, -0.2) is 23.4 Å². The molecule has 0 fully saturated rings. The number of nitrogens with two attached hydrogens (primary N) is 2. The molecule has 86 valence electrons. The van der Waals surface area contributed by atoms with E-state index in [1.54, 1.807) is 0 Å². The topological polar surface area (TPSA) is 120 Å². The minimum atomic E-state index is -0.669. The monoisotopic (exact) mass is 224 g/mol. The van der Waals surface area contributed by atoms with Crippen molar-refractivity contribution in [3.63, 3.8) is 0 Å². The molecule has 0 spiro atoms. The molecule has 0 saturated heterocycles. The molecule has 0 radical (unpaired) electrons. The highest BCUT2D eigenvalue weighted by atomic mass is 16.7. The van der Waals surface area contributed by atoms with Crippen molar-refractivity contribution < 1.29 is 14.4 Å². The van der Waals surface area contributed by atoms with Crippen LogP contribution in [0.1, 0.15) is 16.1 Å². The minimum Gasteiger partial charge on any atom is -0.368 e. The van der Waals surface area contributed by atoms with Gasteiger partial charge in [-0.05, 0) is 12.1 Å². The molecule has 5 N–H and O–H groups in total. The van der Waals surface area contributed by atoms with Crippen molar-refractivity contribution in [2.24, 2.45) is 11.5 Å². The normalized spacial score (nSPS) is 9.81. The van der Waals surface area contributed by atoms with Gasteiger partial charge in [0, 0.05) is 18.3 Å². The molecule has 0 saturated carbocycles. The van der Waals surface area contributed by atoms with Crippen molar-refractivity contribution in [2.45, 2.75) is 6.54 Å². The fourth-order valence-corrected chi connectivity index (χ4v) is 0.963. The molecular formula is C9H12N4O3. The Morgan fingerprint density at radius 1 is 1.50 bits per heavy atom. The van der Waals surface area contributed by atoms with Crippen LogP contribution in [0, 0.1) is 0 Å². The summed E-state index contributed by atoms with van der Waals surface area (Å²) in [4.78, 5) is 30.3. The molecule has 1 rings (SSSR count). The summed E-state index contributed by atoms with van der Waals surface area (Å²) in [6.45, 7) is -0.135. The smallest absolute Gasteiger partial charge is 0.274 e. The summed E-state index contributed by atoms with van der Waals surface area (Å²) in [6.07, 6.45) is 1.46. The number of primary amides is 1. The third-order valence-corrected chi connectivity index (χ3v) is 1.67. The lowest BCUT2D eigenvalue weighted by atomic mass is 10.2. The van der Waals surface area contributed by atoms with Crippen molar-refractivity contribution in [1.82, 2.24) is 10.5 Å². The molecule has 1 aromatic rings. The van der Waals surface area contributed by atoms with Crippen LogP contribution >= 0.6 is 0 Å². The first-order valence-electron chi connectivity index (χ1n) is 4.49. The van der Waals surface area contributed by atoms with E-state index in [0.29, 0.717) is 11.3 Å². The van der Waals surface area contributed by atoms with E-state index in [-0.39, 0.29) is 13.2 Å². The molecule has 0 atom stereocenters. The van der Waals surface area contributed by atoms with Crippen molar-refractivity contribution in [3.8, 4) is 0 Å². The second-order valence-corrected chi connectivity index (χ2v) is 2.93. The van der Waals surface area contributed by atoms with Gasteiger partial charge >= 0.3 is 0 Å². The zero-order valence-corrected chi connectivity index (χ0v) is 8.47. The molecule has 0 aliphatic heterocycles. The number of hydroxylamine groups is 1. The lowest BCUT2D eigenvalue weighted by molar-refractivity contribution is -0.124. The Labute approximate surface area is 91.7 Å². The van der Waals surface area contributed by atoms with Crippen molar-refractivity contribution >= 4 is 11.8 Å². The Morgan fingerprint density at radius 3 is 2.88 bits per heavy atom. The van der Waals surface area contributed by atoms with E-state index in [4.69, 9.17) is 11.5 Å². The Balaban J connectivity index is 2.55. The van der Waals surface area contributed by atoms with Gasteiger partial charge in [-0.3, -0.25) is 19.4 Å². The van der Waals surface area contributed by atoms with Gasteiger partial charge < -0.3 is 11.5 Å². The van der Waals surface area contributed by atoms with E-state index in [0.717, 1.165) is 0 Å². The molecule has 0 bridgehead atoms. The Kier molecular flexibility index (Phi) is 4.37. The predicted molar refractivity (Wildman–Crippen MR) is 54.7 cm³/mol. The Morgan fingerprint density at radius 2 is 2.25 bits per heavy atom. The molecule has 2 amide bonds. The maximum absolute atomic E-state index is 11.4. The summed E-state index contributed by atoms with van der Waals surface area (Å²) >= 11 is 0. The van der Waals surface area contributed by atoms with E-state index in [9.17, 15) is 9.59 Å². The number of carbonyl (C=O) groups excluding carboxylic acids is 2. The average molecular weight is 224 g/mol. The van der Waals surface area contributed by atoms with Crippen molar-refractivity contribution in [2.75, 3.05) is 6.61 Å². The molecule has 0 aromatic carbocycles. The summed E-state index contributed by atoms with van der Waals surface area (Å²) in [6, 6.07) is 3.03. The molecule has 0 aliphatic rings. The third-order valence-electron chi connectivity index (χ3n) is 1.67. The van der Waals surface area contributed by atoms with Gasteiger partial charge in [-0.2, -0.15) is 0 Å². The first-order chi connectivity index (χ1) is 7.63. The van der Waals surface area contributed by atoms with Crippen LogP contribution in [0.2, 0.25) is 0 Å².